The first-order valence-electron chi connectivity index (χ1n) is 3.57. The molecule has 0 aromatic rings. The molecule has 64 valence electrons. The fraction of sp³-hybridized carbons (Fsp3) is 0.714. The van der Waals surface area contributed by atoms with E-state index in [2.05, 4.69) is 5.32 Å². The second-order valence-electron chi connectivity index (χ2n) is 2.04. The van der Waals surface area contributed by atoms with Crippen LogP contribution in [0, 0.1) is 0 Å². The maximum Gasteiger partial charge on any atom is 0.220 e. The average molecular weight is 175 g/mol. The number of thioether (sulfide) groups is 1. The Balaban J connectivity index is 3.24. The minimum atomic E-state index is 0.0150. The van der Waals surface area contributed by atoms with Crippen molar-refractivity contribution in [3.05, 3.63) is 0 Å². The van der Waals surface area contributed by atoms with Crippen molar-refractivity contribution in [1.82, 2.24) is 5.32 Å². The van der Waals surface area contributed by atoms with Crippen LogP contribution < -0.4 is 5.32 Å². The molecule has 0 bridgehead atoms. The molecular weight excluding hydrogens is 162 g/mol. The van der Waals surface area contributed by atoms with Crippen LogP contribution in [0.4, 0.5) is 0 Å². The molecule has 0 aliphatic rings. The summed E-state index contributed by atoms with van der Waals surface area (Å²) in [6, 6.07) is 0. The van der Waals surface area contributed by atoms with Gasteiger partial charge < -0.3 is 5.32 Å². The van der Waals surface area contributed by atoms with Crippen molar-refractivity contribution in [3.63, 3.8) is 0 Å². The molecule has 0 aromatic heterocycles. The highest BCUT2D eigenvalue weighted by Crippen LogP contribution is 2.02. The summed E-state index contributed by atoms with van der Waals surface area (Å²) in [5, 5.41) is 2.72. The first-order chi connectivity index (χ1) is 5.16. The summed E-state index contributed by atoms with van der Waals surface area (Å²) >= 11 is 1.19. The van der Waals surface area contributed by atoms with Gasteiger partial charge in [-0.15, -0.1) is 0 Å². The molecule has 0 unspecified atom stereocenters. The monoisotopic (exact) mass is 175 g/mol. The quantitative estimate of drug-likeness (QED) is 0.687. The predicted octanol–water partition coefficient (Wildman–Crippen LogP) is 0.792. The summed E-state index contributed by atoms with van der Waals surface area (Å²) in [4.78, 5) is 21.2. The largest absolute Gasteiger partial charge is 0.356 e. The zero-order valence-electron chi connectivity index (χ0n) is 6.85. The van der Waals surface area contributed by atoms with Crippen molar-refractivity contribution >= 4 is 22.8 Å². The van der Waals surface area contributed by atoms with Gasteiger partial charge in [-0.1, -0.05) is 11.8 Å². The van der Waals surface area contributed by atoms with Crippen LogP contribution in [-0.2, 0) is 9.59 Å². The standard InChI is InChI=1S/C7H13NO2S/c1-3-8-7(10)4-5-11-6(2)9/h3-5H2,1-2H3,(H,8,10). The summed E-state index contributed by atoms with van der Waals surface area (Å²) in [6.45, 7) is 4.03. The summed E-state index contributed by atoms with van der Waals surface area (Å²) < 4.78 is 0. The molecule has 0 fully saturated rings. The van der Waals surface area contributed by atoms with Gasteiger partial charge in [0, 0.05) is 25.6 Å². The lowest BCUT2D eigenvalue weighted by Gasteiger charge is -1.99. The van der Waals surface area contributed by atoms with Crippen molar-refractivity contribution in [2.45, 2.75) is 20.3 Å². The molecule has 0 aliphatic carbocycles. The first-order valence-corrected chi connectivity index (χ1v) is 4.55. The van der Waals surface area contributed by atoms with Crippen LogP contribution in [0.2, 0.25) is 0 Å². The second kappa shape index (κ2) is 6.22. The third-order valence-corrected chi connectivity index (χ3v) is 1.82. The van der Waals surface area contributed by atoms with Crippen molar-refractivity contribution in [2.75, 3.05) is 12.3 Å². The van der Waals surface area contributed by atoms with Crippen LogP contribution in [0.1, 0.15) is 20.3 Å². The highest BCUT2D eigenvalue weighted by molar-refractivity contribution is 8.13. The van der Waals surface area contributed by atoms with Gasteiger partial charge in [-0.2, -0.15) is 0 Å². The van der Waals surface area contributed by atoms with E-state index in [0.717, 1.165) is 0 Å². The molecular formula is C7H13NO2S. The van der Waals surface area contributed by atoms with Gasteiger partial charge in [0.05, 0.1) is 0 Å². The molecule has 0 atom stereocenters. The summed E-state index contributed by atoms with van der Waals surface area (Å²) in [5.74, 6) is 0.600. The first kappa shape index (κ1) is 10.5. The van der Waals surface area contributed by atoms with Crippen LogP contribution in [0.3, 0.4) is 0 Å². The van der Waals surface area contributed by atoms with Gasteiger partial charge in [0.25, 0.3) is 0 Å². The van der Waals surface area contributed by atoms with Crippen LogP contribution in [0.25, 0.3) is 0 Å². The van der Waals surface area contributed by atoms with Gasteiger partial charge in [0.15, 0.2) is 5.12 Å². The summed E-state index contributed by atoms with van der Waals surface area (Å²) in [7, 11) is 0. The Morgan fingerprint density at radius 3 is 2.55 bits per heavy atom. The Bertz CT molecular complexity index is 147. The minimum Gasteiger partial charge on any atom is -0.356 e. The van der Waals surface area contributed by atoms with Crippen molar-refractivity contribution in [2.24, 2.45) is 0 Å². The van der Waals surface area contributed by atoms with Gasteiger partial charge in [0.2, 0.25) is 5.91 Å². The number of carbonyl (C=O) groups excluding carboxylic acids is 2. The highest BCUT2D eigenvalue weighted by atomic mass is 32.2. The number of rotatable bonds is 4. The molecule has 4 heteroatoms. The smallest absolute Gasteiger partial charge is 0.220 e. The van der Waals surface area contributed by atoms with Gasteiger partial charge >= 0.3 is 0 Å². The third kappa shape index (κ3) is 7.39. The highest BCUT2D eigenvalue weighted by Gasteiger charge is 1.99. The van der Waals surface area contributed by atoms with E-state index in [4.69, 9.17) is 0 Å². The van der Waals surface area contributed by atoms with E-state index in [1.54, 1.807) is 0 Å². The van der Waals surface area contributed by atoms with Crippen LogP contribution in [0.5, 0.6) is 0 Å². The topological polar surface area (TPSA) is 46.2 Å². The van der Waals surface area contributed by atoms with Crippen molar-refractivity contribution < 1.29 is 9.59 Å². The number of amides is 1. The van der Waals surface area contributed by atoms with Crippen LogP contribution in [-0.4, -0.2) is 23.3 Å². The van der Waals surface area contributed by atoms with Gasteiger partial charge in [-0.25, -0.2) is 0 Å². The maximum atomic E-state index is 10.8. The molecule has 0 saturated heterocycles. The molecule has 0 spiro atoms. The van der Waals surface area contributed by atoms with Gasteiger partial charge in [0.1, 0.15) is 0 Å². The number of nitrogens with one attached hydrogen (secondary N) is 1. The van der Waals surface area contributed by atoms with Gasteiger partial charge in [-0.3, -0.25) is 9.59 Å². The van der Waals surface area contributed by atoms with Crippen molar-refractivity contribution in [3.8, 4) is 0 Å². The second-order valence-corrected chi connectivity index (χ2v) is 3.32. The fourth-order valence-electron chi connectivity index (χ4n) is 0.573. The lowest BCUT2D eigenvalue weighted by atomic mass is 10.4. The van der Waals surface area contributed by atoms with E-state index in [0.29, 0.717) is 18.7 Å². The zero-order chi connectivity index (χ0) is 8.69. The molecule has 0 aromatic carbocycles. The third-order valence-electron chi connectivity index (χ3n) is 1.01. The number of hydrogen-bond donors (Lipinski definition) is 1. The molecule has 1 N–H and O–H groups in total. The van der Waals surface area contributed by atoms with E-state index >= 15 is 0 Å². The molecule has 3 nitrogen and oxygen atoms in total. The van der Waals surface area contributed by atoms with Crippen molar-refractivity contribution in [1.29, 1.82) is 0 Å². The number of carbonyl (C=O) groups is 2. The Hall–Kier alpha value is -0.510. The number of hydrogen-bond acceptors (Lipinski definition) is 3. The SMILES string of the molecule is CCNC(=O)CCSC(C)=O. The Labute approximate surface area is 70.9 Å². The average Bonchev–Trinajstić information content (AvgIpc) is 1.87. The minimum absolute atomic E-state index is 0.0150. The molecule has 11 heavy (non-hydrogen) atoms. The molecule has 0 saturated carbocycles. The normalized spacial score (nSPS) is 9.27. The molecule has 0 radical (unpaired) electrons. The van der Waals surface area contributed by atoms with E-state index in [1.165, 1.54) is 18.7 Å². The summed E-state index contributed by atoms with van der Waals surface area (Å²) in [6.07, 6.45) is 0.429. The van der Waals surface area contributed by atoms with E-state index in [9.17, 15) is 9.59 Å². The maximum absolute atomic E-state index is 10.8. The molecule has 1 amide bonds. The lowest BCUT2D eigenvalue weighted by Crippen LogP contribution is -2.22. The van der Waals surface area contributed by atoms with Crippen LogP contribution >= 0.6 is 11.8 Å². The molecule has 0 aliphatic heterocycles. The van der Waals surface area contributed by atoms with E-state index in [-0.39, 0.29) is 11.0 Å². The lowest BCUT2D eigenvalue weighted by molar-refractivity contribution is -0.120. The zero-order valence-corrected chi connectivity index (χ0v) is 7.66. The van der Waals surface area contributed by atoms with E-state index in [1.807, 2.05) is 6.92 Å². The summed E-state index contributed by atoms with van der Waals surface area (Å²) in [5.41, 5.74) is 0. The predicted molar refractivity (Wildman–Crippen MR) is 46.4 cm³/mol. The fourth-order valence-corrected chi connectivity index (χ4v) is 1.15. The Kier molecular flexibility index (Phi) is 5.93. The Morgan fingerprint density at radius 2 is 2.09 bits per heavy atom. The molecule has 0 rings (SSSR count). The van der Waals surface area contributed by atoms with Gasteiger partial charge in [-0.05, 0) is 6.92 Å². The Morgan fingerprint density at radius 1 is 1.45 bits per heavy atom. The molecule has 0 heterocycles. The van der Waals surface area contributed by atoms with E-state index < -0.39 is 0 Å². The van der Waals surface area contributed by atoms with Crippen LogP contribution in [0.15, 0.2) is 0 Å².